The van der Waals surface area contributed by atoms with Crippen LogP contribution in [-0.2, 0) is 50.3 Å². The molecule has 59 heavy (non-hydrogen) atoms. The van der Waals surface area contributed by atoms with E-state index >= 15 is 0 Å². The lowest BCUT2D eigenvalue weighted by Crippen LogP contribution is -2.29. The molecule has 1 aromatic heterocycles. The summed E-state index contributed by atoms with van der Waals surface area (Å²) in [7, 11) is -4.42. The molecule has 0 saturated heterocycles. The number of phosphoric ester groups is 1. The first-order valence-corrected chi connectivity index (χ1v) is 23.9. The molecule has 1 unspecified atom stereocenters. The van der Waals surface area contributed by atoms with Gasteiger partial charge in [-0.05, 0) is 82.4 Å². The van der Waals surface area contributed by atoms with Crippen molar-refractivity contribution in [2.24, 2.45) is 5.73 Å². The van der Waals surface area contributed by atoms with Gasteiger partial charge in [-0.3, -0.25) is 23.4 Å². The van der Waals surface area contributed by atoms with Gasteiger partial charge in [0, 0.05) is 38.6 Å². The Labute approximate surface area is 356 Å². The molecule has 0 aliphatic carbocycles. The third-order valence-corrected chi connectivity index (χ3v) is 10.9. The van der Waals surface area contributed by atoms with E-state index in [1.165, 1.54) is 43.2 Å². The summed E-state index contributed by atoms with van der Waals surface area (Å²) in [6, 6.07) is 0. The number of hydrogen-bond donors (Lipinski definition) is 2. The summed E-state index contributed by atoms with van der Waals surface area (Å²) in [6.07, 6.45) is 35.3. The van der Waals surface area contributed by atoms with Crippen molar-refractivity contribution in [2.45, 2.75) is 181 Å². The third-order valence-electron chi connectivity index (χ3n) is 9.90. The molecule has 0 fully saturated rings. The number of esters is 2. The molecule has 3 N–H and O–H groups in total. The zero-order chi connectivity index (χ0) is 43.4. The Morgan fingerprint density at radius 2 is 1.24 bits per heavy atom. The predicted octanol–water partition coefficient (Wildman–Crippen LogP) is 11.6. The summed E-state index contributed by atoms with van der Waals surface area (Å²) in [5, 5.41) is 0. The van der Waals surface area contributed by atoms with Gasteiger partial charge >= 0.3 is 19.8 Å². The van der Waals surface area contributed by atoms with Gasteiger partial charge in [0.1, 0.15) is 18.1 Å². The normalized spacial score (nSPS) is 13.6. The van der Waals surface area contributed by atoms with Crippen molar-refractivity contribution in [2.75, 3.05) is 26.4 Å². The van der Waals surface area contributed by atoms with E-state index in [-0.39, 0.29) is 38.4 Å². The van der Waals surface area contributed by atoms with E-state index in [0.717, 1.165) is 88.6 Å². The maximum atomic E-state index is 12.7. The molecule has 336 valence electrons. The minimum Gasteiger partial charge on any atom is -0.466 e. The standard InChI is InChI=1S/C47H78NO10P/c1-5-7-24-30-42(49)31-26-20-16-12-10-9-11-13-18-22-28-34-46(50)54-38-43(39-56-59(52,53)55-37-36-48)57-47(51)35-29-23-19-15-14-17-21-27-33-45-41(4)40(3)44(58-45)32-25-8-6-2/h9-10,13,16,18,20,26,31,43H,5-8,11-12,14-15,17,19,21-25,27-30,32-39,48H2,1-4H3,(H,52,53)/b10-9-,18-13-,20-16-,31-26+/t43-/m1/s1. The number of carbonyl (C=O) groups excluding carboxylic acids is 3. The average Bonchev–Trinajstić information content (AvgIpc) is 3.48. The minimum absolute atomic E-state index is 0.0287. The van der Waals surface area contributed by atoms with E-state index in [1.54, 1.807) is 12.2 Å². The highest BCUT2D eigenvalue weighted by Crippen LogP contribution is 2.43. The van der Waals surface area contributed by atoms with E-state index in [2.05, 4.69) is 39.8 Å². The molecule has 1 rings (SSSR count). The maximum Gasteiger partial charge on any atom is 0.472 e. The van der Waals surface area contributed by atoms with Gasteiger partial charge in [-0.15, -0.1) is 0 Å². The van der Waals surface area contributed by atoms with Crippen molar-refractivity contribution in [3.8, 4) is 0 Å². The van der Waals surface area contributed by atoms with Crippen LogP contribution in [0.3, 0.4) is 0 Å². The number of ketones is 1. The molecular formula is C47H78NO10P. The number of aryl methyl sites for hydroxylation is 2. The quantitative estimate of drug-likeness (QED) is 0.0162. The van der Waals surface area contributed by atoms with Crippen LogP contribution in [0.15, 0.2) is 53.0 Å². The Kier molecular flexibility index (Phi) is 32.6. The van der Waals surface area contributed by atoms with Crippen molar-refractivity contribution in [3.63, 3.8) is 0 Å². The van der Waals surface area contributed by atoms with Crippen molar-refractivity contribution >= 4 is 25.5 Å². The lowest BCUT2D eigenvalue weighted by molar-refractivity contribution is -0.161. The van der Waals surface area contributed by atoms with Crippen LogP contribution in [0.5, 0.6) is 0 Å². The number of nitrogens with two attached hydrogens (primary N) is 1. The van der Waals surface area contributed by atoms with Crippen molar-refractivity contribution in [1.29, 1.82) is 0 Å². The van der Waals surface area contributed by atoms with Crippen LogP contribution in [-0.4, -0.2) is 55.1 Å². The highest BCUT2D eigenvalue weighted by atomic mass is 31.2. The second kappa shape index (κ2) is 35.7. The molecule has 0 spiro atoms. The van der Waals surface area contributed by atoms with Crippen LogP contribution in [0.2, 0.25) is 0 Å². The zero-order valence-electron chi connectivity index (χ0n) is 36.9. The van der Waals surface area contributed by atoms with Crippen molar-refractivity contribution in [1.82, 2.24) is 0 Å². The third kappa shape index (κ3) is 29.7. The fourth-order valence-corrected chi connectivity index (χ4v) is 7.00. The zero-order valence-corrected chi connectivity index (χ0v) is 37.8. The Balaban J connectivity index is 2.31. The van der Waals surface area contributed by atoms with Crippen LogP contribution < -0.4 is 5.73 Å². The first-order valence-electron chi connectivity index (χ1n) is 22.4. The first-order chi connectivity index (χ1) is 28.5. The van der Waals surface area contributed by atoms with Gasteiger partial charge < -0.3 is 24.5 Å². The number of ether oxygens (including phenoxy) is 2. The van der Waals surface area contributed by atoms with Crippen molar-refractivity contribution in [3.05, 3.63) is 71.3 Å². The van der Waals surface area contributed by atoms with Crippen LogP contribution in [0.25, 0.3) is 0 Å². The highest BCUT2D eigenvalue weighted by molar-refractivity contribution is 7.47. The predicted molar refractivity (Wildman–Crippen MR) is 237 cm³/mol. The molecule has 0 aromatic carbocycles. The Morgan fingerprint density at radius 1 is 0.678 bits per heavy atom. The molecule has 0 aliphatic rings. The van der Waals surface area contributed by atoms with Crippen LogP contribution in [0.1, 0.15) is 171 Å². The minimum atomic E-state index is -4.42. The van der Waals surface area contributed by atoms with E-state index in [4.69, 9.17) is 28.7 Å². The smallest absolute Gasteiger partial charge is 0.466 e. The van der Waals surface area contributed by atoms with Gasteiger partial charge in [-0.2, -0.15) is 0 Å². The molecule has 2 atom stereocenters. The first kappa shape index (κ1) is 53.9. The fourth-order valence-electron chi connectivity index (χ4n) is 6.23. The molecular weight excluding hydrogens is 769 g/mol. The summed E-state index contributed by atoms with van der Waals surface area (Å²) >= 11 is 0. The number of rotatable bonds is 38. The van der Waals surface area contributed by atoms with Crippen LogP contribution >= 0.6 is 7.82 Å². The van der Waals surface area contributed by atoms with E-state index < -0.39 is 32.5 Å². The second-order valence-electron chi connectivity index (χ2n) is 15.2. The lowest BCUT2D eigenvalue weighted by atomic mass is 10.0. The largest absolute Gasteiger partial charge is 0.472 e. The number of phosphoric acid groups is 1. The number of allylic oxidation sites excluding steroid dienone is 8. The average molecular weight is 848 g/mol. The van der Waals surface area contributed by atoms with Crippen LogP contribution in [0.4, 0.5) is 0 Å². The summed E-state index contributed by atoms with van der Waals surface area (Å²) in [5.74, 6) is 1.53. The summed E-state index contributed by atoms with van der Waals surface area (Å²) in [4.78, 5) is 46.7. The molecule has 0 aliphatic heterocycles. The van der Waals surface area contributed by atoms with Gasteiger partial charge in [0.05, 0.1) is 13.2 Å². The molecule has 1 aromatic rings. The molecule has 0 bridgehead atoms. The molecule has 0 amide bonds. The maximum absolute atomic E-state index is 12.7. The lowest BCUT2D eigenvalue weighted by Gasteiger charge is -2.19. The Hall–Kier alpha value is -3.08. The summed E-state index contributed by atoms with van der Waals surface area (Å²) in [5.41, 5.74) is 7.98. The summed E-state index contributed by atoms with van der Waals surface area (Å²) < 4.78 is 39.0. The van der Waals surface area contributed by atoms with E-state index in [0.29, 0.717) is 25.7 Å². The number of hydrogen-bond acceptors (Lipinski definition) is 10. The molecule has 0 saturated carbocycles. The van der Waals surface area contributed by atoms with E-state index in [1.807, 2.05) is 24.3 Å². The van der Waals surface area contributed by atoms with Crippen LogP contribution in [0, 0.1) is 13.8 Å². The Morgan fingerprint density at radius 3 is 1.90 bits per heavy atom. The molecule has 0 radical (unpaired) electrons. The number of furan rings is 1. The monoisotopic (exact) mass is 848 g/mol. The Bertz CT molecular complexity index is 1450. The molecule has 12 heteroatoms. The van der Waals surface area contributed by atoms with Gasteiger partial charge in [-0.1, -0.05) is 121 Å². The van der Waals surface area contributed by atoms with E-state index in [9.17, 15) is 23.8 Å². The summed E-state index contributed by atoms with van der Waals surface area (Å²) in [6.45, 7) is 7.77. The van der Waals surface area contributed by atoms with Gasteiger partial charge in [0.15, 0.2) is 11.9 Å². The number of carbonyl (C=O) groups is 3. The van der Waals surface area contributed by atoms with Gasteiger partial charge in [0.2, 0.25) is 0 Å². The van der Waals surface area contributed by atoms with Crippen molar-refractivity contribution < 1.29 is 46.8 Å². The molecule has 11 nitrogen and oxygen atoms in total. The fraction of sp³-hybridized carbons (Fsp3) is 0.681. The SMILES string of the molecule is CCCCCC(=O)/C=C/C=C\C/C=C\C/C=C\CCCC(=O)OC[C@H](COP(=O)(O)OCCN)OC(=O)CCCCCCCCCCc1oc(CCCCC)c(C)c1C. The molecule has 1 heterocycles. The van der Waals surface area contributed by atoms with Gasteiger partial charge in [0.25, 0.3) is 0 Å². The highest BCUT2D eigenvalue weighted by Gasteiger charge is 2.26. The van der Waals surface area contributed by atoms with Gasteiger partial charge in [-0.25, -0.2) is 4.57 Å². The number of unbranched alkanes of at least 4 members (excludes halogenated alkanes) is 12. The topological polar surface area (TPSA) is 165 Å². The second-order valence-corrected chi connectivity index (χ2v) is 16.6.